The molecule has 1 aromatic carbocycles. The molecule has 0 heterocycles. The first-order valence-electron chi connectivity index (χ1n) is 6.58. The Labute approximate surface area is 104 Å². The van der Waals surface area contributed by atoms with Gasteiger partial charge in [-0.2, -0.15) is 0 Å². The molecule has 17 heavy (non-hydrogen) atoms. The molecular formula is C15H23NO. The molecule has 0 saturated heterocycles. The normalized spacial score (nSPS) is 23.4. The van der Waals surface area contributed by atoms with Crippen LogP contribution < -0.4 is 5.32 Å². The first-order valence-corrected chi connectivity index (χ1v) is 6.58. The molecule has 94 valence electrons. The van der Waals surface area contributed by atoms with E-state index in [2.05, 4.69) is 31.3 Å². The minimum Gasteiger partial charge on any atom is -0.392 e. The highest BCUT2D eigenvalue weighted by atomic mass is 16.3. The van der Waals surface area contributed by atoms with Crippen molar-refractivity contribution in [2.24, 2.45) is 5.41 Å². The average Bonchev–Trinajstić information content (AvgIpc) is 2.33. The number of aliphatic hydroxyl groups is 1. The van der Waals surface area contributed by atoms with Crippen molar-refractivity contribution in [3.05, 3.63) is 29.8 Å². The van der Waals surface area contributed by atoms with Crippen molar-refractivity contribution in [1.29, 1.82) is 0 Å². The maximum absolute atomic E-state index is 9.01. The third-order valence-electron chi connectivity index (χ3n) is 3.98. The molecule has 0 spiro atoms. The van der Waals surface area contributed by atoms with E-state index in [0.29, 0.717) is 11.5 Å². The second-order valence-corrected chi connectivity index (χ2v) is 5.79. The lowest BCUT2D eigenvalue weighted by Crippen LogP contribution is -2.38. The van der Waals surface area contributed by atoms with Gasteiger partial charge in [0.2, 0.25) is 0 Å². The second-order valence-electron chi connectivity index (χ2n) is 5.79. The van der Waals surface area contributed by atoms with Crippen LogP contribution >= 0.6 is 0 Å². The van der Waals surface area contributed by atoms with Gasteiger partial charge in [0.15, 0.2) is 0 Å². The second kappa shape index (κ2) is 5.09. The lowest BCUT2D eigenvalue weighted by molar-refractivity contribution is 0.217. The molecule has 0 aromatic heterocycles. The summed E-state index contributed by atoms with van der Waals surface area (Å²) in [6.45, 7) is 4.83. The summed E-state index contributed by atoms with van der Waals surface area (Å²) in [7, 11) is 0. The van der Waals surface area contributed by atoms with Gasteiger partial charge < -0.3 is 10.4 Å². The van der Waals surface area contributed by atoms with E-state index in [1.54, 1.807) is 0 Å². The number of hydrogen-bond acceptors (Lipinski definition) is 2. The largest absolute Gasteiger partial charge is 0.392 e. The van der Waals surface area contributed by atoms with Gasteiger partial charge in [-0.25, -0.2) is 0 Å². The van der Waals surface area contributed by atoms with Crippen LogP contribution in [0.3, 0.4) is 0 Å². The Balaban J connectivity index is 2.03. The average molecular weight is 233 g/mol. The Morgan fingerprint density at radius 3 is 2.53 bits per heavy atom. The van der Waals surface area contributed by atoms with Gasteiger partial charge in [-0.1, -0.05) is 38.8 Å². The molecule has 0 aliphatic heterocycles. The SMILES string of the molecule is CC1(C)CCCCC1Nc1ccc(CO)cc1. The number of nitrogens with one attached hydrogen (secondary N) is 1. The van der Waals surface area contributed by atoms with Crippen LogP contribution in [0.4, 0.5) is 5.69 Å². The van der Waals surface area contributed by atoms with E-state index in [0.717, 1.165) is 5.56 Å². The Morgan fingerprint density at radius 2 is 1.94 bits per heavy atom. The summed E-state index contributed by atoms with van der Waals surface area (Å²) in [6.07, 6.45) is 5.25. The standard InChI is InChI=1S/C15H23NO/c1-15(2)10-4-3-5-14(15)16-13-8-6-12(11-17)7-9-13/h6-9,14,16-17H,3-5,10-11H2,1-2H3. The van der Waals surface area contributed by atoms with Gasteiger partial charge in [0, 0.05) is 11.7 Å². The molecular weight excluding hydrogens is 210 g/mol. The minimum absolute atomic E-state index is 0.120. The van der Waals surface area contributed by atoms with Crippen molar-refractivity contribution >= 4 is 5.69 Å². The fourth-order valence-corrected chi connectivity index (χ4v) is 2.67. The van der Waals surface area contributed by atoms with Gasteiger partial charge in [0.25, 0.3) is 0 Å². The zero-order valence-corrected chi connectivity index (χ0v) is 10.9. The molecule has 0 bridgehead atoms. The first-order chi connectivity index (χ1) is 8.12. The highest BCUT2D eigenvalue weighted by Crippen LogP contribution is 2.37. The van der Waals surface area contributed by atoms with Crippen LogP contribution in [-0.4, -0.2) is 11.1 Å². The first kappa shape index (κ1) is 12.4. The van der Waals surface area contributed by atoms with Crippen molar-refractivity contribution < 1.29 is 5.11 Å². The molecule has 2 rings (SSSR count). The smallest absolute Gasteiger partial charge is 0.0681 e. The third-order valence-corrected chi connectivity index (χ3v) is 3.98. The minimum atomic E-state index is 0.120. The zero-order chi connectivity index (χ0) is 12.3. The quantitative estimate of drug-likeness (QED) is 0.836. The van der Waals surface area contributed by atoms with Gasteiger partial charge >= 0.3 is 0 Å². The zero-order valence-electron chi connectivity index (χ0n) is 10.9. The van der Waals surface area contributed by atoms with Crippen LogP contribution in [0.2, 0.25) is 0 Å². The van der Waals surface area contributed by atoms with Gasteiger partial charge in [0.05, 0.1) is 6.61 Å². The Morgan fingerprint density at radius 1 is 1.24 bits per heavy atom. The monoisotopic (exact) mass is 233 g/mol. The molecule has 0 radical (unpaired) electrons. The number of hydrogen-bond donors (Lipinski definition) is 2. The van der Waals surface area contributed by atoms with Gasteiger partial charge in [-0.15, -0.1) is 0 Å². The van der Waals surface area contributed by atoms with Crippen molar-refractivity contribution in [1.82, 2.24) is 0 Å². The Bertz CT molecular complexity index is 356. The third kappa shape index (κ3) is 3.01. The summed E-state index contributed by atoms with van der Waals surface area (Å²) in [5.41, 5.74) is 2.52. The number of rotatable bonds is 3. The summed E-state index contributed by atoms with van der Waals surface area (Å²) in [5, 5.41) is 12.7. The van der Waals surface area contributed by atoms with Crippen LogP contribution in [0.15, 0.2) is 24.3 Å². The molecule has 1 saturated carbocycles. The number of aliphatic hydroxyl groups excluding tert-OH is 1. The lowest BCUT2D eigenvalue weighted by atomic mass is 9.73. The predicted molar refractivity (Wildman–Crippen MR) is 72.0 cm³/mol. The van der Waals surface area contributed by atoms with E-state index in [9.17, 15) is 0 Å². The van der Waals surface area contributed by atoms with Crippen molar-refractivity contribution in [2.75, 3.05) is 5.32 Å². The maximum Gasteiger partial charge on any atom is 0.0681 e. The van der Waals surface area contributed by atoms with E-state index in [1.807, 2.05) is 12.1 Å². The van der Waals surface area contributed by atoms with Gasteiger partial charge in [-0.3, -0.25) is 0 Å². The van der Waals surface area contributed by atoms with Crippen LogP contribution in [-0.2, 0) is 6.61 Å². The van der Waals surface area contributed by atoms with Crippen molar-refractivity contribution in [3.8, 4) is 0 Å². The van der Waals surface area contributed by atoms with E-state index in [-0.39, 0.29) is 6.61 Å². The molecule has 2 heteroatoms. The fourth-order valence-electron chi connectivity index (χ4n) is 2.67. The van der Waals surface area contributed by atoms with Crippen LogP contribution in [0.1, 0.15) is 45.1 Å². The predicted octanol–water partition coefficient (Wildman–Crippen LogP) is 3.56. The molecule has 1 fully saturated rings. The van der Waals surface area contributed by atoms with E-state index < -0.39 is 0 Å². The van der Waals surface area contributed by atoms with E-state index in [4.69, 9.17) is 5.11 Å². The summed E-state index contributed by atoms with van der Waals surface area (Å²) in [6, 6.07) is 8.67. The molecule has 2 N–H and O–H groups in total. The lowest BCUT2D eigenvalue weighted by Gasteiger charge is -2.39. The molecule has 1 aliphatic carbocycles. The topological polar surface area (TPSA) is 32.3 Å². The van der Waals surface area contributed by atoms with Gasteiger partial charge in [-0.05, 0) is 36.0 Å². The van der Waals surface area contributed by atoms with Crippen LogP contribution in [0.25, 0.3) is 0 Å². The van der Waals surface area contributed by atoms with Gasteiger partial charge in [0.1, 0.15) is 0 Å². The number of anilines is 1. The van der Waals surface area contributed by atoms with E-state index >= 15 is 0 Å². The van der Waals surface area contributed by atoms with E-state index in [1.165, 1.54) is 31.4 Å². The Hall–Kier alpha value is -1.02. The molecule has 1 atom stereocenters. The summed E-state index contributed by atoms with van der Waals surface area (Å²) >= 11 is 0. The van der Waals surface area contributed by atoms with Crippen LogP contribution in [0.5, 0.6) is 0 Å². The molecule has 2 nitrogen and oxygen atoms in total. The summed E-state index contributed by atoms with van der Waals surface area (Å²) in [4.78, 5) is 0. The molecule has 0 amide bonds. The molecule has 1 aromatic rings. The van der Waals surface area contributed by atoms with Crippen LogP contribution in [0, 0.1) is 5.41 Å². The highest BCUT2D eigenvalue weighted by Gasteiger charge is 2.31. The highest BCUT2D eigenvalue weighted by molar-refractivity contribution is 5.45. The number of benzene rings is 1. The summed E-state index contributed by atoms with van der Waals surface area (Å²) in [5.74, 6) is 0. The molecule has 1 unspecified atom stereocenters. The summed E-state index contributed by atoms with van der Waals surface area (Å²) < 4.78 is 0. The fraction of sp³-hybridized carbons (Fsp3) is 0.600. The van der Waals surface area contributed by atoms with Crippen molar-refractivity contribution in [2.45, 2.75) is 52.2 Å². The maximum atomic E-state index is 9.01. The Kier molecular flexibility index (Phi) is 3.72. The molecule has 1 aliphatic rings. The van der Waals surface area contributed by atoms with Crippen molar-refractivity contribution in [3.63, 3.8) is 0 Å².